The Morgan fingerprint density at radius 3 is 2.45 bits per heavy atom. The number of hydrogen-bond acceptors (Lipinski definition) is 6. The van der Waals surface area contributed by atoms with Gasteiger partial charge in [0.05, 0.1) is 5.25 Å². The van der Waals surface area contributed by atoms with Crippen molar-refractivity contribution in [1.82, 2.24) is 19.7 Å². The number of ether oxygens (including phenoxy) is 1. The van der Waals surface area contributed by atoms with E-state index < -0.39 is 15.1 Å². The number of aryl methyl sites for hydroxylation is 1. The van der Waals surface area contributed by atoms with Crippen LogP contribution in [-0.4, -0.2) is 52.3 Å². The monoisotopic (exact) mass is 444 g/mol. The van der Waals surface area contributed by atoms with Gasteiger partial charge >= 0.3 is 0 Å². The fourth-order valence-corrected chi connectivity index (χ4v) is 5.30. The number of nitrogens with zero attached hydrogens (tertiary/aromatic N) is 4. The maximum Gasteiger partial charge on any atom is 0.253 e. The summed E-state index contributed by atoms with van der Waals surface area (Å²) >= 11 is 0. The molecule has 1 aliphatic rings. The van der Waals surface area contributed by atoms with E-state index in [1.165, 1.54) is 35.2 Å². The fraction of sp³-hybridized carbons (Fsp3) is 0.286. The molecule has 31 heavy (non-hydrogen) atoms. The number of piperidine rings is 1. The van der Waals surface area contributed by atoms with Gasteiger partial charge in [0, 0.05) is 25.7 Å². The van der Waals surface area contributed by atoms with Crippen molar-refractivity contribution in [3.05, 3.63) is 66.2 Å². The number of sulfone groups is 1. The van der Waals surface area contributed by atoms with Crippen LogP contribution in [0.5, 0.6) is 11.5 Å². The highest BCUT2D eigenvalue weighted by atomic mass is 32.2. The Bertz CT molecular complexity index is 1190. The average Bonchev–Trinajstić information content (AvgIpc) is 3.22. The smallest absolute Gasteiger partial charge is 0.253 e. The average molecular weight is 444 g/mol. The topological polar surface area (TPSA) is 94.4 Å². The predicted octanol–water partition coefficient (Wildman–Crippen LogP) is 2.83. The molecule has 0 radical (unpaired) electrons. The molecule has 2 aromatic carbocycles. The molecular formula is C21H21FN4O4S. The van der Waals surface area contributed by atoms with Crippen LogP contribution in [0.15, 0.2) is 60.0 Å². The number of amides is 1. The van der Waals surface area contributed by atoms with Crippen LogP contribution in [-0.2, 0) is 16.9 Å². The fourth-order valence-electron chi connectivity index (χ4n) is 3.56. The molecule has 8 nitrogen and oxygen atoms in total. The zero-order chi connectivity index (χ0) is 22.0. The Morgan fingerprint density at radius 2 is 1.81 bits per heavy atom. The van der Waals surface area contributed by atoms with Crippen LogP contribution < -0.4 is 4.74 Å². The molecular weight excluding hydrogens is 423 g/mol. The maximum absolute atomic E-state index is 13.1. The number of rotatable bonds is 5. The Labute approximate surface area is 179 Å². The van der Waals surface area contributed by atoms with Crippen LogP contribution in [0.2, 0.25) is 0 Å². The van der Waals surface area contributed by atoms with Crippen LogP contribution in [0.25, 0.3) is 0 Å². The molecule has 1 aromatic heterocycles. The number of carbonyl (C=O) groups excluding carboxylic acids is 1. The molecule has 0 saturated carbocycles. The van der Waals surface area contributed by atoms with E-state index in [0.29, 0.717) is 43.0 Å². The number of carbonyl (C=O) groups is 1. The van der Waals surface area contributed by atoms with Gasteiger partial charge in [0.15, 0.2) is 0 Å². The molecule has 0 unspecified atom stereocenters. The third-order valence-electron chi connectivity index (χ3n) is 5.22. The van der Waals surface area contributed by atoms with E-state index in [-0.39, 0.29) is 16.9 Å². The van der Waals surface area contributed by atoms with Crippen LogP contribution in [0.4, 0.5) is 4.39 Å². The van der Waals surface area contributed by atoms with Gasteiger partial charge in [-0.25, -0.2) is 12.8 Å². The zero-order valence-corrected chi connectivity index (χ0v) is 17.6. The SMILES string of the molecule is Cn1cnnc1S(=O)(=O)C1CCN(C(=O)c2cccc(Oc3ccc(F)cc3)c2)CC1. The number of hydrogen-bond donors (Lipinski definition) is 0. The summed E-state index contributed by atoms with van der Waals surface area (Å²) in [6, 6.07) is 12.3. The van der Waals surface area contributed by atoms with E-state index in [0.717, 1.165) is 0 Å². The Morgan fingerprint density at radius 1 is 1.10 bits per heavy atom. The maximum atomic E-state index is 13.1. The van der Waals surface area contributed by atoms with E-state index in [4.69, 9.17) is 4.74 Å². The van der Waals surface area contributed by atoms with Crippen molar-refractivity contribution in [2.45, 2.75) is 23.2 Å². The standard InChI is InChI=1S/C21H21FN4O4S/c1-25-14-23-24-21(25)31(28,29)19-9-11-26(12-10-19)20(27)15-3-2-4-18(13-15)30-17-7-5-16(22)6-8-17/h2-8,13-14,19H,9-12H2,1H3. The lowest BCUT2D eigenvalue weighted by atomic mass is 10.1. The van der Waals surface area contributed by atoms with E-state index >= 15 is 0 Å². The second-order valence-corrected chi connectivity index (χ2v) is 9.47. The van der Waals surface area contributed by atoms with E-state index in [1.807, 2.05) is 0 Å². The molecule has 3 aromatic rings. The van der Waals surface area contributed by atoms with Gasteiger partial charge in [-0.05, 0) is 55.3 Å². The molecule has 10 heteroatoms. The second kappa shape index (κ2) is 8.46. The molecule has 0 spiro atoms. The minimum absolute atomic E-state index is 0.0529. The van der Waals surface area contributed by atoms with Gasteiger partial charge in [-0.3, -0.25) is 4.79 Å². The minimum atomic E-state index is -3.60. The molecule has 4 rings (SSSR count). The van der Waals surface area contributed by atoms with Gasteiger partial charge in [0.2, 0.25) is 15.0 Å². The Hall–Kier alpha value is -3.27. The van der Waals surface area contributed by atoms with Gasteiger partial charge in [-0.15, -0.1) is 10.2 Å². The molecule has 1 amide bonds. The molecule has 0 N–H and O–H groups in total. The molecule has 0 aliphatic carbocycles. The molecule has 1 saturated heterocycles. The van der Waals surface area contributed by atoms with Crippen LogP contribution >= 0.6 is 0 Å². The van der Waals surface area contributed by atoms with Crippen LogP contribution in [0, 0.1) is 5.82 Å². The summed E-state index contributed by atoms with van der Waals surface area (Å²) in [5, 5.41) is 6.71. The lowest BCUT2D eigenvalue weighted by molar-refractivity contribution is 0.0725. The molecule has 2 heterocycles. The van der Waals surface area contributed by atoms with Crippen molar-refractivity contribution < 1.29 is 22.3 Å². The minimum Gasteiger partial charge on any atom is -0.457 e. The summed E-state index contributed by atoms with van der Waals surface area (Å²) in [5.74, 6) is 0.359. The largest absolute Gasteiger partial charge is 0.457 e. The van der Waals surface area contributed by atoms with Crippen LogP contribution in [0.1, 0.15) is 23.2 Å². The highest BCUT2D eigenvalue weighted by Crippen LogP contribution is 2.26. The molecule has 1 fully saturated rings. The number of benzene rings is 2. The Balaban J connectivity index is 1.42. The van der Waals surface area contributed by atoms with Crippen molar-refractivity contribution in [2.75, 3.05) is 13.1 Å². The molecule has 0 atom stereocenters. The molecule has 162 valence electrons. The summed E-state index contributed by atoms with van der Waals surface area (Å²) in [7, 11) is -2.01. The lowest BCUT2D eigenvalue weighted by Crippen LogP contribution is -2.42. The van der Waals surface area contributed by atoms with E-state index in [9.17, 15) is 17.6 Å². The van der Waals surface area contributed by atoms with E-state index in [1.54, 1.807) is 36.2 Å². The van der Waals surface area contributed by atoms with Crippen molar-refractivity contribution >= 4 is 15.7 Å². The highest BCUT2D eigenvalue weighted by molar-refractivity contribution is 7.91. The summed E-state index contributed by atoms with van der Waals surface area (Å²) in [5.41, 5.74) is 0.439. The highest BCUT2D eigenvalue weighted by Gasteiger charge is 2.35. The van der Waals surface area contributed by atoms with Crippen molar-refractivity contribution in [1.29, 1.82) is 0 Å². The number of aromatic nitrogens is 3. The van der Waals surface area contributed by atoms with E-state index in [2.05, 4.69) is 10.2 Å². The van der Waals surface area contributed by atoms with Crippen molar-refractivity contribution in [3.63, 3.8) is 0 Å². The summed E-state index contributed by atoms with van der Waals surface area (Å²) in [6.07, 6.45) is 2.01. The van der Waals surface area contributed by atoms with Crippen molar-refractivity contribution in [2.24, 2.45) is 7.05 Å². The zero-order valence-electron chi connectivity index (χ0n) is 16.8. The first-order valence-electron chi connectivity index (χ1n) is 9.75. The lowest BCUT2D eigenvalue weighted by Gasteiger charge is -2.31. The van der Waals surface area contributed by atoms with Gasteiger partial charge in [-0.1, -0.05) is 6.07 Å². The van der Waals surface area contributed by atoms with Crippen molar-refractivity contribution in [3.8, 4) is 11.5 Å². The number of likely N-dealkylation sites (tertiary alicyclic amines) is 1. The molecule has 1 aliphatic heterocycles. The second-order valence-electron chi connectivity index (χ2n) is 7.34. The normalized spacial score (nSPS) is 15.1. The predicted molar refractivity (Wildman–Crippen MR) is 110 cm³/mol. The third kappa shape index (κ3) is 4.43. The Kier molecular flexibility index (Phi) is 5.73. The van der Waals surface area contributed by atoms with Gasteiger partial charge < -0.3 is 14.2 Å². The summed E-state index contributed by atoms with van der Waals surface area (Å²) < 4.78 is 45.7. The number of halogens is 1. The summed E-state index contributed by atoms with van der Waals surface area (Å²) in [4.78, 5) is 14.6. The molecule has 0 bridgehead atoms. The van der Waals surface area contributed by atoms with Gasteiger partial charge in [-0.2, -0.15) is 0 Å². The first-order chi connectivity index (χ1) is 14.8. The summed E-state index contributed by atoms with van der Waals surface area (Å²) in [6.45, 7) is 0.646. The first kappa shape index (κ1) is 21.0. The van der Waals surface area contributed by atoms with Gasteiger partial charge in [0.1, 0.15) is 23.6 Å². The third-order valence-corrected chi connectivity index (χ3v) is 7.45. The van der Waals surface area contributed by atoms with Crippen LogP contribution in [0.3, 0.4) is 0 Å². The van der Waals surface area contributed by atoms with Gasteiger partial charge in [0.25, 0.3) is 5.91 Å². The quantitative estimate of drug-likeness (QED) is 0.601. The first-order valence-corrected chi connectivity index (χ1v) is 11.3.